The molecule has 2 N–H and O–H groups in total. The van der Waals surface area contributed by atoms with Crippen molar-refractivity contribution in [2.24, 2.45) is 0 Å². The minimum absolute atomic E-state index is 0.0142. The van der Waals surface area contributed by atoms with Gasteiger partial charge in [0.15, 0.2) is 0 Å². The van der Waals surface area contributed by atoms with Gasteiger partial charge in [0.1, 0.15) is 0 Å². The number of carbonyl (C=O) groups is 2. The first-order valence-electron chi connectivity index (χ1n) is 10.0. The molecule has 166 valence electrons. The Kier molecular flexibility index (Phi) is 7.17. The standard InChI is InChI=1S/C22H25F3N4O2/c1-28-11-13-29(14-12-28)17-7-8-19(18(15-17)22(23,24)25)27-20(30)9-10-26-21(31)16-5-3-2-4-6-16/h2-8,15H,9-14H2,1H3,(H,26,31)(H,27,30). The summed E-state index contributed by atoms with van der Waals surface area (Å²) in [6.07, 6.45) is -4.75. The molecule has 6 nitrogen and oxygen atoms in total. The maximum atomic E-state index is 13.6. The Hall–Kier alpha value is -3.07. The van der Waals surface area contributed by atoms with Crippen LogP contribution in [0, 0.1) is 0 Å². The normalized spacial score (nSPS) is 14.9. The monoisotopic (exact) mass is 434 g/mol. The van der Waals surface area contributed by atoms with E-state index in [9.17, 15) is 22.8 Å². The van der Waals surface area contributed by atoms with Crippen molar-refractivity contribution in [2.75, 3.05) is 50.0 Å². The van der Waals surface area contributed by atoms with E-state index in [0.717, 1.165) is 19.2 Å². The van der Waals surface area contributed by atoms with Gasteiger partial charge in [0.2, 0.25) is 5.91 Å². The summed E-state index contributed by atoms with van der Waals surface area (Å²) in [7, 11) is 1.97. The topological polar surface area (TPSA) is 64.7 Å². The molecule has 1 saturated heterocycles. The number of rotatable bonds is 6. The fraction of sp³-hybridized carbons (Fsp3) is 0.364. The second-order valence-electron chi connectivity index (χ2n) is 7.44. The lowest BCUT2D eigenvalue weighted by Crippen LogP contribution is -2.44. The third-order valence-electron chi connectivity index (χ3n) is 5.12. The minimum Gasteiger partial charge on any atom is -0.369 e. The van der Waals surface area contributed by atoms with Gasteiger partial charge in [-0.25, -0.2) is 0 Å². The van der Waals surface area contributed by atoms with E-state index < -0.39 is 17.6 Å². The number of benzene rings is 2. The highest BCUT2D eigenvalue weighted by molar-refractivity contribution is 5.95. The summed E-state index contributed by atoms with van der Waals surface area (Å²) in [6.45, 7) is 2.84. The van der Waals surface area contributed by atoms with Crippen LogP contribution >= 0.6 is 0 Å². The Labute approximate surface area is 179 Å². The first-order chi connectivity index (χ1) is 14.7. The van der Waals surface area contributed by atoms with E-state index in [0.29, 0.717) is 24.3 Å². The molecule has 2 amide bonds. The number of anilines is 2. The van der Waals surface area contributed by atoms with E-state index in [1.807, 2.05) is 11.9 Å². The molecule has 0 saturated carbocycles. The van der Waals surface area contributed by atoms with Crippen LogP contribution in [0.1, 0.15) is 22.3 Å². The van der Waals surface area contributed by atoms with Gasteiger partial charge in [0, 0.05) is 50.4 Å². The Morgan fingerprint density at radius 2 is 1.68 bits per heavy atom. The van der Waals surface area contributed by atoms with Crippen molar-refractivity contribution >= 4 is 23.2 Å². The van der Waals surface area contributed by atoms with Crippen molar-refractivity contribution in [1.29, 1.82) is 0 Å². The number of hydrogen-bond donors (Lipinski definition) is 2. The molecule has 0 aliphatic carbocycles. The number of amides is 2. The molecule has 1 aliphatic rings. The largest absolute Gasteiger partial charge is 0.418 e. The van der Waals surface area contributed by atoms with E-state index in [4.69, 9.17) is 0 Å². The highest BCUT2D eigenvalue weighted by atomic mass is 19.4. The van der Waals surface area contributed by atoms with Crippen molar-refractivity contribution in [3.8, 4) is 0 Å². The van der Waals surface area contributed by atoms with E-state index in [-0.39, 0.29) is 24.6 Å². The fourth-order valence-electron chi connectivity index (χ4n) is 3.33. The maximum absolute atomic E-state index is 13.6. The van der Waals surface area contributed by atoms with E-state index in [1.165, 1.54) is 6.07 Å². The quantitative estimate of drug-likeness (QED) is 0.733. The van der Waals surface area contributed by atoms with Crippen LogP contribution in [0.5, 0.6) is 0 Å². The fourth-order valence-corrected chi connectivity index (χ4v) is 3.33. The molecule has 1 heterocycles. The summed E-state index contributed by atoms with van der Waals surface area (Å²) in [5.41, 5.74) is -0.245. The van der Waals surface area contributed by atoms with Crippen LogP contribution < -0.4 is 15.5 Å². The van der Waals surface area contributed by atoms with E-state index in [2.05, 4.69) is 15.5 Å². The Morgan fingerprint density at radius 1 is 1.00 bits per heavy atom. The number of piperazine rings is 1. The average molecular weight is 434 g/mol. The number of hydrogen-bond acceptors (Lipinski definition) is 4. The van der Waals surface area contributed by atoms with Crippen LogP contribution in [0.3, 0.4) is 0 Å². The lowest BCUT2D eigenvalue weighted by atomic mass is 10.1. The van der Waals surface area contributed by atoms with Crippen molar-refractivity contribution in [1.82, 2.24) is 10.2 Å². The average Bonchev–Trinajstić information content (AvgIpc) is 2.74. The second kappa shape index (κ2) is 9.82. The molecule has 2 aromatic carbocycles. The van der Waals surface area contributed by atoms with Crippen molar-refractivity contribution < 1.29 is 22.8 Å². The summed E-state index contributed by atoms with van der Waals surface area (Å²) in [4.78, 5) is 28.2. The number of likely N-dealkylation sites (N-methyl/N-ethyl adjacent to an activating group) is 1. The van der Waals surface area contributed by atoms with Gasteiger partial charge >= 0.3 is 6.18 Å². The molecular formula is C22H25F3N4O2. The first kappa shape index (κ1) is 22.6. The van der Waals surface area contributed by atoms with Crippen LogP contribution in [0.15, 0.2) is 48.5 Å². The Balaban J connectivity index is 1.61. The lowest BCUT2D eigenvalue weighted by molar-refractivity contribution is -0.136. The van der Waals surface area contributed by atoms with Gasteiger partial charge in [-0.15, -0.1) is 0 Å². The van der Waals surface area contributed by atoms with Gasteiger partial charge in [0.25, 0.3) is 5.91 Å². The highest BCUT2D eigenvalue weighted by Gasteiger charge is 2.35. The molecule has 3 rings (SSSR count). The zero-order valence-corrected chi connectivity index (χ0v) is 17.2. The highest BCUT2D eigenvalue weighted by Crippen LogP contribution is 2.37. The van der Waals surface area contributed by atoms with Gasteiger partial charge in [0.05, 0.1) is 11.3 Å². The van der Waals surface area contributed by atoms with Gasteiger partial charge in [-0.1, -0.05) is 18.2 Å². The molecule has 0 spiro atoms. The molecule has 0 atom stereocenters. The zero-order valence-electron chi connectivity index (χ0n) is 17.2. The molecule has 0 radical (unpaired) electrons. The predicted molar refractivity (Wildman–Crippen MR) is 113 cm³/mol. The molecule has 2 aromatic rings. The van der Waals surface area contributed by atoms with Crippen LogP contribution in [0.25, 0.3) is 0 Å². The van der Waals surface area contributed by atoms with Crippen LogP contribution in [0.2, 0.25) is 0 Å². The van der Waals surface area contributed by atoms with Gasteiger partial charge in [-0.3, -0.25) is 9.59 Å². The molecule has 9 heteroatoms. The summed E-state index contributed by atoms with van der Waals surface area (Å²) in [6, 6.07) is 12.4. The van der Waals surface area contributed by atoms with Crippen LogP contribution in [-0.4, -0.2) is 56.5 Å². The maximum Gasteiger partial charge on any atom is 0.418 e. The molecule has 0 aromatic heterocycles. The minimum atomic E-state index is -4.60. The second-order valence-corrected chi connectivity index (χ2v) is 7.44. The molecule has 1 fully saturated rings. The first-order valence-corrected chi connectivity index (χ1v) is 10.0. The van der Waals surface area contributed by atoms with E-state index in [1.54, 1.807) is 36.4 Å². The van der Waals surface area contributed by atoms with Gasteiger partial charge in [-0.2, -0.15) is 13.2 Å². The molecule has 0 unspecified atom stereocenters. The number of nitrogens with one attached hydrogen (secondary N) is 2. The summed E-state index contributed by atoms with van der Waals surface area (Å²) >= 11 is 0. The van der Waals surface area contributed by atoms with Crippen LogP contribution in [-0.2, 0) is 11.0 Å². The molecule has 1 aliphatic heterocycles. The third-order valence-corrected chi connectivity index (χ3v) is 5.12. The zero-order chi connectivity index (χ0) is 22.4. The number of alkyl halides is 3. The Bertz CT molecular complexity index is 911. The van der Waals surface area contributed by atoms with Crippen molar-refractivity contribution in [3.05, 3.63) is 59.7 Å². The lowest BCUT2D eigenvalue weighted by Gasteiger charge is -2.34. The number of nitrogens with zero attached hydrogens (tertiary/aromatic N) is 2. The molecular weight excluding hydrogens is 409 g/mol. The van der Waals surface area contributed by atoms with Crippen molar-refractivity contribution in [2.45, 2.75) is 12.6 Å². The SMILES string of the molecule is CN1CCN(c2ccc(NC(=O)CCNC(=O)c3ccccc3)c(C(F)(F)F)c2)CC1. The van der Waals surface area contributed by atoms with E-state index >= 15 is 0 Å². The summed E-state index contributed by atoms with van der Waals surface area (Å²) in [5.74, 6) is -0.952. The van der Waals surface area contributed by atoms with Gasteiger partial charge in [-0.05, 0) is 37.4 Å². The third kappa shape index (κ3) is 6.21. The summed E-state index contributed by atoms with van der Waals surface area (Å²) in [5, 5.41) is 4.91. The summed E-state index contributed by atoms with van der Waals surface area (Å²) < 4.78 is 40.9. The number of halogens is 3. The smallest absolute Gasteiger partial charge is 0.369 e. The van der Waals surface area contributed by atoms with Gasteiger partial charge < -0.3 is 20.4 Å². The Morgan fingerprint density at radius 3 is 2.32 bits per heavy atom. The predicted octanol–water partition coefficient (Wildman–Crippen LogP) is 3.22. The molecule has 0 bridgehead atoms. The van der Waals surface area contributed by atoms with Crippen LogP contribution in [0.4, 0.5) is 24.5 Å². The van der Waals surface area contributed by atoms with Crippen molar-refractivity contribution in [3.63, 3.8) is 0 Å². The molecule has 31 heavy (non-hydrogen) atoms. The number of carbonyl (C=O) groups excluding carboxylic acids is 2.